The van der Waals surface area contributed by atoms with Gasteiger partial charge >= 0.3 is 0 Å². The Hall–Kier alpha value is -2.01. The minimum Gasteiger partial charge on any atom is -0.322 e. The number of anilines is 1. The highest BCUT2D eigenvalue weighted by Crippen LogP contribution is 2.17. The molecule has 0 aromatic heterocycles. The fraction of sp³-hybridized carbons (Fsp3) is 0.0714. The molecule has 0 heterocycles. The number of halogens is 4. The van der Waals surface area contributed by atoms with Crippen molar-refractivity contribution in [2.45, 2.75) is 5.88 Å². The van der Waals surface area contributed by atoms with Crippen LogP contribution in [0.3, 0.4) is 0 Å². The van der Waals surface area contributed by atoms with Crippen LogP contribution in [0.4, 0.5) is 18.9 Å². The van der Waals surface area contributed by atoms with Gasteiger partial charge in [-0.1, -0.05) is 12.1 Å². The molecule has 0 radical (unpaired) electrons. The topological polar surface area (TPSA) is 29.1 Å². The quantitative estimate of drug-likeness (QED) is 0.850. The van der Waals surface area contributed by atoms with Gasteiger partial charge in [0, 0.05) is 23.7 Å². The molecule has 104 valence electrons. The first-order valence-electron chi connectivity index (χ1n) is 5.62. The molecule has 1 N–H and O–H groups in total. The van der Waals surface area contributed by atoms with Gasteiger partial charge in [0.2, 0.25) is 0 Å². The average molecular weight is 300 g/mol. The molecule has 20 heavy (non-hydrogen) atoms. The molecule has 0 aliphatic heterocycles. The summed E-state index contributed by atoms with van der Waals surface area (Å²) >= 11 is 5.62. The van der Waals surface area contributed by atoms with Gasteiger partial charge in [0.1, 0.15) is 23.0 Å². The predicted molar refractivity (Wildman–Crippen MR) is 70.3 cm³/mol. The van der Waals surface area contributed by atoms with Gasteiger partial charge in [-0.15, -0.1) is 11.6 Å². The molecule has 2 aromatic carbocycles. The van der Waals surface area contributed by atoms with Crippen molar-refractivity contribution in [3.63, 3.8) is 0 Å². The predicted octanol–water partition coefficient (Wildman–Crippen LogP) is 4.10. The molecule has 0 spiro atoms. The Morgan fingerprint density at radius 1 is 1.05 bits per heavy atom. The number of hydrogen-bond donors (Lipinski definition) is 1. The molecule has 1 amide bonds. The first-order valence-corrected chi connectivity index (χ1v) is 6.15. The van der Waals surface area contributed by atoms with Crippen molar-refractivity contribution in [1.82, 2.24) is 0 Å². The summed E-state index contributed by atoms with van der Waals surface area (Å²) in [5.41, 5.74) is 0.364. The second-order valence-electron chi connectivity index (χ2n) is 4.03. The van der Waals surface area contributed by atoms with Crippen LogP contribution in [-0.2, 0) is 5.88 Å². The minimum absolute atomic E-state index is 0.315. The SMILES string of the molecule is O=C(Nc1ccc(CCl)cc1)c1c(F)cc(F)cc1F. The maximum atomic E-state index is 13.4. The standard InChI is InChI=1S/C14H9ClF3NO/c15-7-8-1-3-10(4-2-8)19-14(20)13-11(17)5-9(16)6-12(13)18/h1-6H,7H2,(H,19,20). The third-order valence-corrected chi connectivity index (χ3v) is 2.91. The van der Waals surface area contributed by atoms with E-state index in [2.05, 4.69) is 5.32 Å². The molecule has 2 nitrogen and oxygen atoms in total. The van der Waals surface area contributed by atoms with Gasteiger partial charge in [0.25, 0.3) is 5.91 Å². The van der Waals surface area contributed by atoms with E-state index < -0.39 is 28.9 Å². The Labute approximate surface area is 118 Å². The van der Waals surface area contributed by atoms with Crippen LogP contribution in [0.25, 0.3) is 0 Å². The maximum Gasteiger partial charge on any atom is 0.261 e. The minimum atomic E-state index is -1.25. The number of amides is 1. The number of benzene rings is 2. The Balaban J connectivity index is 2.23. The maximum absolute atomic E-state index is 13.4. The summed E-state index contributed by atoms with van der Waals surface area (Å²) in [4.78, 5) is 11.8. The lowest BCUT2D eigenvalue weighted by Crippen LogP contribution is -2.16. The van der Waals surface area contributed by atoms with Crippen LogP contribution in [0.5, 0.6) is 0 Å². The molecule has 2 rings (SSSR count). The van der Waals surface area contributed by atoms with E-state index in [-0.39, 0.29) is 0 Å². The lowest BCUT2D eigenvalue weighted by atomic mass is 10.1. The van der Waals surface area contributed by atoms with Crippen molar-refractivity contribution < 1.29 is 18.0 Å². The van der Waals surface area contributed by atoms with Gasteiger partial charge in [-0.3, -0.25) is 4.79 Å². The summed E-state index contributed by atoms with van der Waals surface area (Å²) < 4.78 is 39.6. The van der Waals surface area contributed by atoms with Crippen LogP contribution < -0.4 is 5.32 Å². The van der Waals surface area contributed by atoms with Gasteiger partial charge in [-0.05, 0) is 17.7 Å². The van der Waals surface area contributed by atoms with Gasteiger partial charge in [0.15, 0.2) is 0 Å². The third kappa shape index (κ3) is 3.11. The number of carbonyl (C=O) groups excluding carboxylic acids is 1. The van der Waals surface area contributed by atoms with Crippen molar-refractivity contribution in [2.75, 3.05) is 5.32 Å². The summed E-state index contributed by atoms with van der Waals surface area (Å²) in [5.74, 6) is -4.26. The summed E-state index contributed by atoms with van der Waals surface area (Å²) in [6, 6.07) is 7.34. The number of nitrogens with one attached hydrogen (secondary N) is 1. The lowest BCUT2D eigenvalue weighted by Gasteiger charge is -2.07. The van der Waals surface area contributed by atoms with Crippen LogP contribution in [0.15, 0.2) is 36.4 Å². The van der Waals surface area contributed by atoms with Crippen LogP contribution in [0.1, 0.15) is 15.9 Å². The van der Waals surface area contributed by atoms with Crippen LogP contribution in [0, 0.1) is 17.5 Å². The fourth-order valence-electron chi connectivity index (χ4n) is 1.63. The second kappa shape index (κ2) is 5.96. The van der Waals surface area contributed by atoms with Crippen molar-refractivity contribution in [1.29, 1.82) is 0 Å². The van der Waals surface area contributed by atoms with Crippen molar-refractivity contribution >= 4 is 23.2 Å². The zero-order valence-electron chi connectivity index (χ0n) is 10.1. The summed E-state index contributed by atoms with van der Waals surface area (Å²) in [6.07, 6.45) is 0. The van der Waals surface area contributed by atoms with Gasteiger partial charge in [0.05, 0.1) is 0 Å². The normalized spacial score (nSPS) is 10.4. The molecule has 0 aliphatic rings. The van der Waals surface area contributed by atoms with E-state index in [1.165, 1.54) is 0 Å². The lowest BCUT2D eigenvalue weighted by molar-refractivity contribution is 0.101. The zero-order valence-corrected chi connectivity index (χ0v) is 10.8. The van der Waals surface area contributed by atoms with Crippen LogP contribution in [0.2, 0.25) is 0 Å². The summed E-state index contributed by atoms with van der Waals surface area (Å²) in [5, 5.41) is 2.33. The van der Waals surface area contributed by atoms with E-state index >= 15 is 0 Å². The Kier molecular flexibility index (Phi) is 4.29. The van der Waals surface area contributed by atoms with E-state index in [0.29, 0.717) is 23.7 Å². The monoisotopic (exact) mass is 299 g/mol. The average Bonchev–Trinajstić information content (AvgIpc) is 2.38. The van der Waals surface area contributed by atoms with Crippen LogP contribution in [-0.4, -0.2) is 5.91 Å². The molecule has 0 unspecified atom stereocenters. The zero-order chi connectivity index (χ0) is 14.7. The van der Waals surface area contributed by atoms with Crippen LogP contribution >= 0.6 is 11.6 Å². The molecule has 0 bridgehead atoms. The number of alkyl halides is 1. The van der Waals surface area contributed by atoms with E-state index in [0.717, 1.165) is 5.56 Å². The third-order valence-electron chi connectivity index (χ3n) is 2.60. The smallest absolute Gasteiger partial charge is 0.261 e. The Morgan fingerprint density at radius 2 is 1.60 bits per heavy atom. The molecule has 0 fully saturated rings. The van der Waals surface area contributed by atoms with E-state index in [9.17, 15) is 18.0 Å². The molecular formula is C14H9ClF3NO. The first kappa shape index (κ1) is 14.4. The largest absolute Gasteiger partial charge is 0.322 e. The van der Waals surface area contributed by atoms with Crippen molar-refractivity contribution in [3.8, 4) is 0 Å². The van der Waals surface area contributed by atoms with E-state index in [1.807, 2.05) is 0 Å². The molecular weight excluding hydrogens is 291 g/mol. The van der Waals surface area contributed by atoms with Gasteiger partial charge in [-0.25, -0.2) is 13.2 Å². The molecule has 2 aromatic rings. The Morgan fingerprint density at radius 3 is 2.10 bits per heavy atom. The van der Waals surface area contributed by atoms with E-state index in [1.54, 1.807) is 24.3 Å². The number of hydrogen-bond acceptors (Lipinski definition) is 1. The van der Waals surface area contributed by atoms with Crippen molar-refractivity contribution in [2.24, 2.45) is 0 Å². The van der Waals surface area contributed by atoms with E-state index in [4.69, 9.17) is 11.6 Å². The molecule has 0 atom stereocenters. The molecule has 0 saturated heterocycles. The molecule has 6 heteroatoms. The second-order valence-corrected chi connectivity index (χ2v) is 4.30. The number of rotatable bonds is 3. The highest BCUT2D eigenvalue weighted by atomic mass is 35.5. The summed E-state index contributed by atoms with van der Waals surface area (Å²) in [6.45, 7) is 0. The van der Waals surface area contributed by atoms with Crippen molar-refractivity contribution in [3.05, 3.63) is 65.0 Å². The summed E-state index contributed by atoms with van der Waals surface area (Å²) in [7, 11) is 0. The highest BCUT2D eigenvalue weighted by Gasteiger charge is 2.19. The Bertz CT molecular complexity index is 620. The fourth-order valence-corrected chi connectivity index (χ4v) is 1.81. The number of carbonyl (C=O) groups is 1. The highest BCUT2D eigenvalue weighted by molar-refractivity contribution is 6.17. The van der Waals surface area contributed by atoms with Gasteiger partial charge < -0.3 is 5.32 Å². The molecule has 0 aliphatic carbocycles. The molecule has 0 saturated carbocycles. The first-order chi connectivity index (χ1) is 9.51. The van der Waals surface area contributed by atoms with Gasteiger partial charge in [-0.2, -0.15) is 0 Å².